The molecule has 0 bridgehead atoms. The van der Waals surface area contributed by atoms with Crippen molar-refractivity contribution in [1.82, 2.24) is 4.98 Å². The van der Waals surface area contributed by atoms with Gasteiger partial charge in [-0.2, -0.15) is 5.10 Å². The molecule has 1 heterocycles. The van der Waals surface area contributed by atoms with E-state index in [9.17, 15) is 4.79 Å². The van der Waals surface area contributed by atoms with Crippen molar-refractivity contribution in [2.24, 2.45) is 5.10 Å². The second kappa shape index (κ2) is 9.05. The number of benzene rings is 2. The smallest absolute Gasteiger partial charge is 0.365 e. The Hall–Kier alpha value is -3.06. The van der Waals surface area contributed by atoms with Crippen LogP contribution < -0.4 is 10.2 Å². The van der Waals surface area contributed by atoms with Crippen LogP contribution in [0.1, 0.15) is 6.92 Å². The van der Waals surface area contributed by atoms with Crippen LogP contribution in [0.15, 0.2) is 70.8 Å². The molecule has 3 rings (SSSR count). The number of thioether (sulfide) groups is 1. The number of nitrogens with one attached hydrogen (secondary N) is 1. The molecule has 0 radical (unpaired) electrons. The first kappa shape index (κ1) is 18.7. The Kier molecular flexibility index (Phi) is 6.27. The number of nitrogens with zero attached hydrogens (tertiary/aromatic N) is 2. The topological polar surface area (TPSA) is 72.8 Å². The molecule has 1 aromatic heterocycles. The summed E-state index contributed by atoms with van der Waals surface area (Å²) in [6.07, 6.45) is 1.73. The van der Waals surface area contributed by atoms with Gasteiger partial charge in [-0.25, -0.2) is 4.79 Å². The lowest BCUT2D eigenvalue weighted by Crippen LogP contribution is -2.16. The van der Waals surface area contributed by atoms with Crippen LogP contribution in [0.3, 0.4) is 0 Å². The molecule has 7 heteroatoms. The molecule has 0 atom stereocenters. The normalized spacial score (nSPS) is 11.3. The monoisotopic (exact) mass is 381 g/mol. The van der Waals surface area contributed by atoms with Crippen molar-refractivity contribution in [3.63, 3.8) is 0 Å². The van der Waals surface area contributed by atoms with E-state index in [1.807, 2.05) is 54.6 Å². The Morgan fingerprint density at radius 3 is 2.67 bits per heavy atom. The number of hydrogen-bond donors (Lipinski definition) is 1. The molecule has 0 saturated heterocycles. The summed E-state index contributed by atoms with van der Waals surface area (Å²) in [7, 11) is 1.61. The maximum Gasteiger partial charge on any atom is 0.365 e. The minimum atomic E-state index is -0.489. The van der Waals surface area contributed by atoms with E-state index < -0.39 is 5.97 Å². The van der Waals surface area contributed by atoms with Crippen LogP contribution >= 0.6 is 11.8 Å². The van der Waals surface area contributed by atoms with Crippen LogP contribution in [0.2, 0.25) is 0 Å². The third-order valence-electron chi connectivity index (χ3n) is 3.63. The molecule has 0 spiro atoms. The summed E-state index contributed by atoms with van der Waals surface area (Å²) in [5.74, 6) is 0.253. The highest BCUT2D eigenvalue weighted by Crippen LogP contribution is 2.28. The number of anilines is 1. The quantitative estimate of drug-likeness (QED) is 0.233. The molecular weight excluding hydrogens is 362 g/mol. The Morgan fingerprint density at radius 1 is 1.15 bits per heavy atom. The van der Waals surface area contributed by atoms with Gasteiger partial charge >= 0.3 is 5.97 Å². The van der Waals surface area contributed by atoms with Gasteiger partial charge in [-0.15, -0.1) is 0 Å². The van der Waals surface area contributed by atoms with Gasteiger partial charge in [-0.05, 0) is 43.3 Å². The van der Waals surface area contributed by atoms with Crippen molar-refractivity contribution in [1.29, 1.82) is 0 Å². The van der Waals surface area contributed by atoms with Crippen LogP contribution in [0.25, 0.3) is 10.9 Å². The zero-order valence-electron chi connectivity index (χ0n) is 15.0. The fourth-order valence-corrected chi connectivity index (χ4v) is 3.20. The number of pyridine rings is 1. The van der Waals surface area contributed by atoms with E-state index in [0.29, 0.717) is 0 Å². The number of ether oxygens (including phenoxy) is 2. The highest BCUT2D eigenvalue weighted by Gasteiger charge is 2.17. The maximum absolute atomic E-state index is 12.4. The highest BCUT2D eigenvalue weighted by molar-refractivity contribution is 8.15. The number of para-hydroxylation sites is 1. The first-order valence-corrected chi connectivity index (χ1v) is 9.19. The van der Waals surface area contributed by atoms with Crippen molar-refractivity contribution >= 4 is 39.4 Å². The maximum atomic E-state index is 12.4. The number of hydrazone groups is 1. The van der Waals surface area contributed by atoms with Crippen LogP contribution in [-0.2, 0) is 9.53 Å². The summed E-state index contributed by atoms with van der Waals surface area (Å²) in [6.45, 7) is 2.03. The lowest BCUT2D eigenvalue weighted by atomic mass is 10.2. The molecule has 0 aliphatic carbocycles. The Labute approximate surface area is 161 Å². The van der Waals surface area contributed by atoms with Crippen molar-refractivity contribution in [2.45, 2.75) is 11.8 Å². The van der Waals surface area contributed by atoms with E-state index in [1.165, 1.54) is 11.8 Å². The van der Waals surface area contributed by atoms with E-state index in [2.05, 4.69) is 15.5 Å². The largest absolute Gasteiger partial charge is 0.497 e. The second-order valence-electron chi connectivity index (χ2n) is 5.41. The standard InChI is InChI=1S/C20H19N3O3S/c1-3-26-20(24)19(23-22-15-9-11-16(25-2)12-10-15)27-17-8-4-6-14-7-5-13-21-18(14)17/h4-13,22H,3H2,1-2H3. The average molecular weight is 381 g/mol. The fourth-order valence-electron chi connectivity index (χ4n) is 2.35. The Morgan fingerprint density at radius 2 is 1.93 bits per heavy atom. The summed E-state index contributed by atoms with van der Waals surface area (Å²) in [5, 5.41) is 5.45. The molecular formula is C20H19N3O3S. The highest BCUT2D eigenvalue weighted by atomic mass is 32.2. The van der Waals surface area contributed by atoms with Gasteiger partial charge in [-0.3, -0.25) is 10.4 Å². The van der Waals surface area contributed by atoms with Gasteiger partial charge in [0.1, 0.15) is 5.75 Å². The predicted octanol–water partition coefficient (Wildman–Crippen LogP) is 4.32. The molecule has 0 aliphatic rings. The summed E-state index contributed by atoms with van der Waals surface area (Å²) >= 11 is 1.22. The minimum absolute atomic E-state index is 0.200. The summed E-state index contributed by atoms with van der Waals surface area (Å²) < 4.78 is 10.3. The molecule has 0 unspecified atom stereocenters. The number of methoxy groups -OCH3 is 1. The second-order valence-corrected chi connectivity index (χ2v) is 6.44. The van der Waals surface area contributed by atoms with E-state index >= 15 is 0 Å². The molecule has 3 aromatic rings. The molecule has 6 nitrogen and oxygen atoms in total. The number of aromatic nitrogens is 1. The van der Waals surface area contributed by atoms with E-state index in [-0.39, 0.29) is 11.7 Å². The minimum Gasteiger partial charge on any atom is -0.497 e. The number of carbonyl (C=O) groups excluding carboxylic acids is 1. The Bertz CT molecular complexity index is 953. The van der Waals surface area contributed by atoms with Gasteiger partial charge in [0, 0.05) is 16.5 Å². The number of carbonyl (C=O) groups is 1. The summed E-state index contributed by atoms with van der Waals surface area (Å²) in [5.41, 5.74) is 4.44. The molecule has 0 aliphatic heterocycles. The number of esters is 1. The van der Waals surface area contributed by atoms with Gasteiger partial charge < -0.3 is 9.47 Å². The fraction of sp³-hybridized carbons (Fsp3) is 0.150. The predicted molar refractivity (Wildman–Crippen MR) is 108 cm³/mol. The van der Waals surface area contributed by atoms with Gasteiger partial charge in [0.15, 0.2) is 0 Å². The zero-order chi connectivity index (χ0) is 19.1. The summed E-state index contributed by atoms with van der Waals surface area (Å²) in [6, 6.07) is 16.9. The Balaban J connectivity index is 1.87. The van der Waals surface area contributed by atoms with Gasteiger partial charge in [-0.1, -0.05) is 30.0 Å². The first-order chi connectivity index (χ1) is 13.2. The number of fused-ring (bicyclic) bond motifs is 1. The van der Waals surface area contributed by atoms with Crippen LogP contribution in [0.5, 0.6) is 5.75 Å². The number of hydrogen-bond acceptors (Lipinski definition) is 7. The molecule has 0 saturated carbocycles. The van der Waals surface area contributed by atoms with E-state index in [1.54, 1.807) is 20.2 Å². The SMILES string of the molecule is CCOC(=O)C(=NNc1ccc(OC)cc1)Sc1cccc2cccnc12. The molecule has 0 fully saturated rings. The summed E-state index contributed by atoms with van der Waals surface area (Å²) in [4.78, 5) is 17.6. The van der Waals surface area contributed by atoms with Crippen molar-refractivity contribution in [3.8, 4) is 5.75 Å². The molecule has 27 heavy (non-hydrogen) atoms. The zero-order valence-corrected chi connectivity index (χ0v) is 15.8. The van der Waals surface area contributed by atoms with E-state index in [0.717, 1.165) is 27.2 Å². The van der Waals surface area contributed by atoms with Crippen molar-refractivity contribution in [2.75, 3.05) is 19.1 Å². The lowest BCUT2D eigenvalue weighted by Gasteiger charge is -2.09. The van der Waals surface area contributed by atoms with Crippen LogP contribution in [0, 0.1) is 0 Å². The van der Waals surface area contributed by atoms with Gasteiger partial charge in [0.2, 0.25) is 5.04 Å². The third-order valence-corrected chi connectivity index (χ3v) is 4.63. The van der Waals surface area contributed by atoms with Gasteiger partial charge in [0.25, 0.3) is 0 Å². The third kappa shape index (κ3) is 4.77. The number of rotatable bonds is 5. The molecule has 138 valence electrons. The molecule has 0 amide bonds. The van der Waals surface area contributed by atoms with Crippen LogP contribution in [-0.4, -0.2) is 29.7 Å². The van der Waals surface area contributed by atoms with Gasteiger partial charge in [0.05, 0.1) is 24.9 Å². The van der Waals surface area contributed by atoms with Crippen molar-refractivity contribution < 1.29 is 14.3 Å². The average Bonchev–Trinajstić information content (AvgIpc) is 2.71. The molecule has 1 N–H and O–H groups in total. The molecule has 2 aromatic carbocycles. The van der Waals surface area contributed by atoms with Crippen LogP contribution in [0.4, 0.5) is 5.69 Å². The first-order valence-electron chi connectivity index (χ1n) is 8.37. The van der Waals surface area contributed by atoms with E-state index in [4.69, 9.17) is 9.47 Å². The lowest BCUT2D eigenvalue weighted by molar-refractivity contribution is -0.134. The van der Waals surface area contributed by atoms with Crippen molar-refractivity contribution in [3.05, 3.63) is 60.8 Å².